The zero-order chi connectivity index (χ0) is 15.8. The van der Waals surface area contributed by atoms with E-state index >= 15 is 0 Å². The molecule has 0 saturated carbocycles. The Morgan fingerprint density at radius 3 is 2.68 bits per heavy atom. The molecule has 1 aliphatic heterocycles. The number of fused-ring (bicyclic) bond motifs is 1. The third-order valence-electron chi connectivity index (χ3n) is 3.97. The van der Waals surface area contributed by atoms with E-state index in [4.69, 9.17) is 9.47 Å². The summed E-state index contributed by atoms with van der Waals surface area (Å²) in [6.45, 7) is 8.68. The Balaban J connectivity index is 1.64. The zero-order valence-electron chi connectivity index (χ0n) is 13.6. The van der Waals surface area contributed by atoms with Crippen LogP contribution in [0.2, 0.25) is 0 Å². The molecule has 0 atom stereocenters. The van der Waals surface area contributed by atoms with E-state index in [9.17, 15) is 4.79 Å². The zero-order valence-corrected chi connectivity index (χ0v) is 13.6. The van der Waals surface area contributed by atoms with Crippen LogP contribution >= 0.6 is 0 Å². The van der Waals surface area contributed by atoms with E-state index in [-0.39, 0.29) is 12.7 Å². The van der Waals surface area contributed by atoms with Crippen LogP contribution < -0.4 is 14.8 Å². The molecule has 0 bridgehead atoms. The van der Waals surface area contributed by atoms with Crippen LogP contribution in [0.1, 0.15) is 43.5 Å². The van der Waals surface area contributed by atoms with Gasteiger partial charge in [-0.15, -0.1) is 0 Å². The Morgan fingerprint density at radius 2 is 1.91 bits per heavy atom. The van der Waals surface area contributed by atoms with E-state index in [0.29, 0.717) is 23.6 Å². The van der Waals surface area contributed by atoms with Gasteiger partial charge < -0.3 is 19.7 Å². The minimum atomic E-state index is -0.0537. The molecule has 0 radical (unpaired) electrons. The second-order valence-corrected chi connectivity index (χ2v) is 5.41. The van der Waals surface area contributed by atoms with E-state index in [0.717, 1.165) is 32.5 Å². The van der Waals surface area contributed by atoms with Gasteiger partial charge in [0.1, 0.15) is 0 Å². The molecule has 1 amide bonds. The smallest absolute Gasteiger partial charge is 0.251 e. The van der Waals surface area contributed by atoms with E-state index < -0.39 is 0 Å². The molecule has 0 aromatic heterocycles. The molecule has 0 spiro atoms. The number of hydrogen-bond acceptors (Lipinski definition) is 4. The van der Waals surface area contributed by atoms with Crippen LogP contribution in [-0.4, -0.2) is 43.8 Å². The molecule has 5 heteroatoms. The third kappa shape index (κ3) is 4.63. The van der Waals surface area contributed by atoms with Gasteiger partial charge in [0, 0.05) is 12.1 Å². The number of ether oxygens (including phenoxy) is 2. The summed E-state index contributed by atoms with van der Waals surface area (Å²) in [7, 11) is 0. The fraction of sp³-hybridized carbons (Fsp3) is 0.588. The summed E-state index contributed by atoms with van der Waals surface area (Å²) in [6.07, 6.45) is 3.33. The molecule has 122 valence electrons. The van der Waals surface area contributed by atoms with Crippen molar-refractivity contribution in [3.63, 3.8) is 0 Å². The van der Waals surface area contributed by atoms with Gasteiger partial charge in [-0.2, -0.15) is 0 Å². The molecule has 1 heterocycles. The number of rotatable bonds is 9. The normalized spacial score (nSPS) is 12.7. The van der Waals surface area contributed by atoms with Crippen molar-refractivity contribution >= 4 is 5.91 Å². The summed E-state index contributed by atoms with van der Waals surface area (Å²) in [5.74, 6) is 1.29. The van der Waals surface area contributed by atoms with Crippen molar-refractivity contribution in [3.8, 4) is 11.5 Å². The van der Waals surface area contributed by atoms with Gasteiger partial charge in [0.2, 0.25) is 6.79 Å². The van der Waals surface area contributed by atoms with Crippen LogP contribution in [-0.2, 0) is 0 Å². The first-order valence-electron chi connectivity index (χ1n) is 8.14. The highest BCUT2D eigenvalue weighted by molar-refractivity contribution is 5.94. The number of unbranched alkanes of at least 4 members (excludes halogenated alkanes) is 2. The van der Waals surface area contributed by atoms with Crippen molar-refractivity contribution in [2.24, 2.45) is 0 Å². The molecule has 0 unspecified atom stereocenters. The van der Waals surface area contributed by atoms with E-state index in [1.807, 2.05) is 0 Å². The summed E-state index contributed by atoms with van der Waals surface area (Å²) in [5.41, 5.74) is 0.618. The van der Waals surface area contributed by atoms with Crippen LogP contribution in [0.5, 0.6) is 11.5 Å². The van der Waals surface area contributed by atoms with E-state index in [2.05, 4.69) is 24.1 Å². The third-order valence-corrected chi connectivity index (χ3v) is 3.97. The number of nitrogens with zero attached hydrogens (tertiary/aromatic N) is 1. The first-order chi connectivity index (χ1) is 10.7. The van der Waals surface area contributed by atoms with Crippen LogP contribution in [0.3, 0.4) is 0 Å². The molecule has 5 nitrogen and oxygen atoms in total. The molecule has 1 N–H and O–H groups in total. The minimum absolute atomic E-state index is 0.0537. The molecule has 22 heavy (non-hydrogen) atoms. The molecule has 1 aliphatic rings. The van der Waals surface area contributed by atoms with Crippen molar-refractivity contribution in [2.75, 3.05) is 33.0 Å². The fourth-order valence-electron chi connectivity index (χ4n) is 2.52. The lowest BCUT2D eigenvalue weighted by atomic mass is 10.2. The quantitative estimate of drug-likeness (QED) is 0.713. The summed E-state index contributed by atoms with van der Waals surface area (Å²) < 4.78 is 10.5. The van der Waals surface area contributed by atoms with Crippen molar-refractivity contribution in [2.45, 2.75) is 33.1 Å². The molecule has 1 aromatic rings. The molecule has 1 aromatic carbocycles. The Labute approximate surface area is 132 Å². The lowest BCUT2D eigenvalue weighted by Crippen LogP contribution is -2.25. The Bertz CT molecular complexity index is 487. The largest absolute Gasteiger partial charge is 0.454 e. The fourth-order valence-corrected chi connectivity index (χ4v) is 2.52. The van der Waals surface area contributed by atoms with Gasteiger partial charge in [0.05, 0.1) is 0 Å². The number of hydrogen-bond donors (Lipinski definition) is 1. The number of amides is 1. The summed E-state index contributed by atoms with van der Waals surface area (Å²) >= 11 is 0. The summed E-state index contributed by atoms with van der Waals surface area (Å²) in [5, 5.41) is 2.96. The maximum Gasteiger partial charge on any atom is 0.251 e. The molecule has 2 rings (SSSR count). The average Bonchev–Trinajstić information content (AvgIpc) is 3.01. The van der Waals surface area contributed by atoms with Crippen molar-refractivity contribution in [1.29, 1.82) is 0 Å². The number of benzene rings is 1. The second kappa shape index (κ2) is 8.63. The average molecular weight is 306 g/mol. The Kier molecular flexibility index (Phi) is 6.52. The lowest BCUT2D eigenvalue weighted by Gasteiger charge is -2.17. The predicted octanol–water partition coefficient (Wildman–Crippen LogP) is 2.66. The molecule has 0 aliphatic carbocycles. The van der Waals surface area contributed by atoms with Gasteiger partial charge in [0.15, 0.2) is 11.5 Å². The van der Waals surface area contributed by atoms with Gasteiger partial charge in [-0.05, 0) is 50.7 Å². The van der Waals surface area contributed by atoms with Crippen LogP contribution in [0.4, 0.5) is 0 Å². The first kappa shape index (κ1) is 16.6. The molecular weight excluding hydrogens is 280 g/mol. The maximum absolute atomic E-state index is 12.1. The monoisotopic (exact) mass is 306 g/mol. The maximum atomic E-state index is 12.1. The number of nitrogens with one attached hydrogen (secondary N) is 1. The SMILES string of the molecule is CCN(CC)CCCCCNC(=O)c1ccc2c(c1)OCO2. The van der Waals surface area contributed by atoms with Crippen molar-refractivity contribution in [3.05, 3.63) is 23.8 Å². The summed E-state index contributed by atoms with van der Waals surface area (Å²) in [6, 6.07) is 5.28. The van der Waals surface area contributed by atoms with Gasteiger partial charge >= 0.3 is 0 Å². The molecule has 0 saturated heterocycles. The van der Waals surface area contributed by atoms with Gasteiger partial charge in [-0.3, -0.25) is 4.79 Å². The Hall–Kier alpha value is -1.75. The number of carbonyl (C=O) groups is 1. The highest BCUT2D eigenvalue weighted by atomic mass is 16.7. The number of carbonyl (C=O) groups excluding carboxylic acids is 1. The van der Waals surface area contributed by atoms with Gasteiger partial charge in [-0.1, -0.05) is 20.3 Å². The highest BCUT2D eigenvalue weighted by Crippen LogP contribution is 2.32. The van der Waals surface area contributed by atoms with Gasteiger partial charge in [0.25, 0.3) is 5.91 Å². The highest BCUT2D eigenvalue weighted by Gasteiger charge is 2.15. The van der Waals surface area contributed by atoms with Crippen LogP contribution in [0.15, 0.2) is 18.2 Å². The molecular formula is C17H26N2O3. The first-order valence-corrected chi connectivity index (χ1v) is 8.14. The van der Waals surface area contributed by atoms with Crippen LogP contribution in [0.25, 0.3) is 0 Å². The summed E-state index contributed by atoms with van der Waals surface area (Å²) in [4.78, 5) is 14.5. The lowest BCUT2D eigenvalue weighted by molar-refractivity contribution is 0.0952. The standard InChI is InChI=1S/C17H26N2O3/c1-3-19(4-2)11-7-5-6-10-18-17(20)14-8-9-15-16(12-14)22-13-21-15/h8-9,12H,3-7,10-11,13H2,1-2H3,(H,18,20). The predicted molar refractivity (Wildman–Crippen MR) is 86.5 cm³/mol. The van der Waals surface area contributed by atoms with Crippen molar-refractivity contribution < 1.29 is 14.3 Å². The minimum Gasteiger partial charge on any atom is -0.454 e. The van der Waals surface area contributed by atoms with E-state index in [1.54, 1.807) is 18.2 Å². The molecule has 0 fully saturated rings. The van der Waals surface area contributed by atoms with Crippen LogP contribution in [0, 0.1) is 0 Å². The second-order valence-electron chi connectivity index (χ2n) is 5.41. The Morgan fingerprint density at radius 1 is 1.14 bits per heavy atom. The van der Waals surface area contributed by atoms with Gasteiger partial charge in [-0.25, -0.2) is 0 Å². The topological polar surface area (TPSA) is 50.8 Å². The van der Waals surface area contributed by atoms with Crippen molar-refractivity contribution in [1.82, 2.24) is 10.2 Å². The van der Waals surface area contributed by atoms with E-state index in [1.165, 1.54) is 6.42 Å².